The first-order valence-electron chi connectivity index (χ1n) is 6.92. The zero-order chi connectivity index (χ0) is 14.1. The molecule has 1 aliphatic rings. The summed E-state index contributed by atoms with van der Waals surface area (Å²) < 4.78 is 19.2. The Kier molecular flexibility index (Phi) is 3.45. The van der Waals surface area contributed by atoms with Crippen molar-refractivity contribution >= 4 is 0 Å². The molecule has 0 saturated carbocycles. The van der Waals surface area contributed by atoms with E-state index in [1.165, 1.54) is 6.07 Å². The molecule has 0 saturated heterocycles. The van der Waals surface area contributed by atoms with Crippen LogP contribution in [0.3, 0.4) is 0 Å². The van der Waals surface area contributed by atoms with Gasteiger partial charge in [-0.15, -0.1) is 0 Å². The minimum Gasteiger partial charge on any atom is -0.493 e. The quantitative estimate of drug-likeness (QED) is 0.905. The predicted octanol–water partition coefficient (Wildman–Crippen LogP) is 3.63. The summed E-state index contributed by atoms with van der Waals surface area (Å²) >= 11 is 0. The van der Waals surface area contributed by atoms with Crippen molar-refractivity contribution in [1.82, 2.24) is 0 Å². The van der Waals surface area contributed by atoms with Gasteiger partial charge in [0.2, 0.25) is 0 Å². The van der Waals surface area contributed by atoms with Gasteiger partial charge in [0.1, 0.15) is 11.6 Å². The Balaban J connectivity index is 2.06. The van der Waals surface area contributed by atoms with E-state index < -0.39 is 0 Å². The molecule has 0 spiro atoms. The standard InChI is InChI=1S/C17H18FNO/c1-11-2-4-14(18)9-16(11)12-3-5-15-13(10-19)6-7-20-17(15)8-12/h2-5,8-9,13H,6-7,10,19H2,1H3/t13-/m0/s1. The average Bonchev–Trinajstić information content (AvgIpc) is 2.48. The van der Waals surface area contributed by atoms with Crippen LogP contribution in [0.1, 0.15) is 23.5 Å². The maximum Gasteiger partial charge on any atom is 0.123 e. The number of ether oxygens (including phenoxy) is 1. The van der Waals surface area contributed by atoms with Gasteiger partial charge in [-0.2, -0.15) is 0 Å². The third-order valence-electron chi connectivity index (χ3n) is 3.97. The van der Waals surface area contributed by atoms with E-state index in [2.05, 4.69) is 6.07 Å². The van der Waals surface area contributed by atoms with Gasteiger partial charge in [0.15, 0.2) is 0 Å². The summed E-state index contributed by atoms with van der Waals surface area (Å²) in [6, 6.07) is 10.9. The van der Waals surface area contributed by atoms with Gasteiger partial charge >= 0.3 is 0 Å². The minimum atomic E-state index is -0.218. The topological polar surface area (TPSA) is 35.2 Å². The normalized spacial score (nSPS) is 17.4. The molecule has 0 amide bonds. The van der Waals surface area contributed by atoms with E-state index in [0.717, 1.165) is 34.4 Å². The Hall–Kier alpha value is -1.87. The van der Waals surface area contributed by atoms with E-state index in [9.17, 15) is 4.39 Å². The molecule has 0 fully saturated rings. The number of hydrogen-bond donors (Lipinski definition) is 1. The molecule has 1 aliphatic heterocycles. The molecule has 0 aliphatic carbocycles. The van der Waals surface area contributed by atoms with Gasteiger partial charge in [-0.1, -0.05) is 18.2 Å². The van der Waals surface area contributed by atoms with Crippen molar-refractivity contribution in [1.29, 1.82) is 0 Å². The van der Waals surface area contributed by atoms with Crippen LogP contribution in [0.2, 0.25) is 0 Å². The summed E-state index contributed by atoms with van der Waals surface area (Å²) in [6.07, 6.45) is 0.960. The molecule has 2 nitrogen and oxygen atoms in total. The summed E-state index contributed by atoms with van der Waals surface area (Å²) in [6.45, 7) is 3.31. The number of rotatable bonds is 2. The maximum absolute atomic E-state index is 13.4. The van der Waals surface area contributed by atoms with Crippen LogP contribution in [0.5, 0.6) is 5.75 Å². The molecule has 20 heavy (non-hydrogen) atoms. The van der Waals surface area contributed by atoms with Crippen molar-refractivity contribution in [2.45, 2.75) is 19.3 Å². The number of fused-ring (bicyclic) bond motifs is 1. The molecular formula is C17H18FNO. The van der Waals surface area contributed by atoms with Gasteiger partial charge in [0.25, 0.3) is 0 Å². The second-order valence-electron chi connectivity index (χ2n) is 5.28. The SMILES string of the molecule is Cc1ccc(F)cc1-c1ccc2c(c1)OCC[C@H]2CN. The highest BCUT2D eigenvalue weighted by atomic mass is 19.1. The summed E-state index contributed by atoms with van der Waals surface area (Å²) in [5, 5.41) is 0. The second kappa shape index (κ2) is 5.25. The number of benzene rings is 2. The zero-order valence-corrected chi connectivity index (χ0v) is 11.5. The van der Waals surface area contributed by atoms with Crippen LogP contribution in [-0.2, 0) is 0 Å². The van der Waals surface area contributed by atoms with Crippen LogP contribution in [0.15, 0.2) is 36.4 Å². The van der Waals surface area contributed by atoms with Crippen LogP contribution in [0.4, 0.5) is 4.39 Å². The van der Waals surface area contributed by atoms with Crippen LogP contribution in [-0.4, -0.2) is 13.2 Å². The van der Waals surface area contributed by atoms with Gasteiger partial charge in [-0.05, 0) is 60.3 Å². The fraction of sp³-hybridized carbons (Fsp3) is 0.294. The van der Waals surface area contributed by atoms with E-state index in [1.807, 2.05) is 19.1 Å². The first-order chi connectivity index (χ1) is 9.69. The Bertz CT molecular complexity index is 639. The van der Waals surface area contributed by atoms with Crippen LogP contribution >= 0.6 is 0 Å². The molecule has 0 unspecified atom stereocenters. The van der Waals surface area contributed by atoms with Gasteiger partial charge in [0.05, 0.1) is 6.61 Å². The fourth-order valence-corrected chi connectivity index (χ4v) is 2.78. The van der Waals surface area contributed by atoms with E-state index in [4.69, 9.17) is 10.5 Å². The first-order valence-corrected chi connectivity index (χ1v) is 6.92. The molecule has 1 heterocycles. The number of halogens is 1. The number of nitrogens with two attached hydrogens (primary N) is 1. The Morgan fingerprint density at radius 1 is 1.25 bits per heavy atom. The molecule has 2 aromatic rings. The highest BCUT2D eigenvalue weighted by Crippen LogP contribution is 2.37. The number of aryl methyl sites for hydroxylation is 1. The number of hydrogen-bond acceptors (Lipinski definition) is 2. The van der Waals surface area contributed by atoms with Crippen molar-refractivity contribution < 1.29 is 9.13 Å². The third-order valence-corrected chi connectivity index (χ3v) is 3.97. The monoisotopic (exact) mass is 271 g/mol. The van der Waals surface area contributed by atoms with Crippen molar-refractivity contribution in [3.63, 3.8) is 0 Å². The first kappa shape index (κ1) is 13.1. The highest BCUT2D eigenvalue weighted by Gasteiger charge is 2.20. The van der Waals surface area contributed by atoms with Crippen molar-refractivity contribution in [2.24, 2.45) is 5.73 Å². The largest absolute Gasteiger partial charge is 0.493 e. The van der Waals surface area contributed by atoms with E-state index in [1.54, 1.807) is 12.1 Å². The van der Waals surface area contributed by atoms with E-state index >= 15 is 0 Å². The molecule has 1 atom stereocenters. The molecule has 104 valence electrons. The summed E-state index contributed by atoms with van der Waals surface area (Å²) in [4.78, 5) is 0. The lowest BCUT2D eigenvalue weighted by Gasteiger charge is -2.25. The van der Waals surface area contributed by atoms with Crippen LogP contribution < -0.4 is 10.5 Å². The summed E-state index contributed by atoms with van der Waals surface area (Å²) in [7, 11) is 0. The fourth-order valence-electron chi connectivity index (χ4n) is 2.78. The summed E-state index contributed by atoms with van der Waals surface area (Å²) in [5.74, 6) is 1.03. The van der Waals surface area contributed by atoms with Crippen molar-refractivity contribution in [3.05, 3.63) is 53.3 Å². The highest BCUT2D eigenvalue weighted by molar-refractivity contribution is 5.69. The maximum atomic E-state index is 13.4. The molecule has 3 rings (SSSR count). The smallest absolute Gasteiger partial charge is 0.123 e. The Labute approximate surface area is 118 Å². The average molecular weight is 271 g/mol. The Morgan fingerprint density at radius 3 is 2.90 bits per heavy atom. The lowest BCUT2D eigenvalue weighted by atomic mass is 9.90. The second-order valence-corrected chi connectivity index (χ2v) is 5.28. The van der Waals surface area contributed by atoms with E-state index in [0.29, 0.717) is 19.1 Å². The minimum absolute atomic E-state index is 0.218. The van der Waals surface area contributed by atoms with Gasteiger partial charge in [0, 0.05) is 5.92 Å². The molecule has 0 bridgehead atoms. The third kappa shape index (κ3) is 2.29. The van der Waals surface area contributed by atoms with Crippen LogP contribution in [0.25, 0.3) is 11.1 Å². The molecular weight excluding hydrogens is 253 g/mol. The summed E-state index contributed by atoms with van der Waals surface area (Å²) in [5.41, 5.74) is 9.92. The van der Waals surface area contributed by atoms with Crippen molar-refractivity contribution in [3.8, 4) is 16.9 Å². The zero-order valence-electron chi connectivity index (χ0n) is 11.5. The van der Waals surface area contributed by atoms with E-state index in [-0.39, 0.29) is 5.82 Å². The van der Waals surface area contributed by atoms with Gasteiger partial charge in [-0.3, -0.25) is 0 Å². The Morgan fingerprint density at radius 2 is 2.10 bits per heavy atom. The van der Waals surface area contributed by atoms with Gasteiger partial charge in [-0.25, -0.2) is 4.39 Å². The lowest BCUT2D eigenvalue weighted by Crippen LogP contribution is -2.20. The molecule has 2 N–H and O–H groups in total. The predicted molar refractivity (Wildman–Crippen MR) is 78.5 cm³/mol. The molecule has 2 aromatic carbocycles. The molecule has 0 radical (unpaired) electrons. The van der Waals surface area contributed by atoms with Crippen LogP contribution in [0, 0.1) is 12.7 Å². The van der Waals surface area contributed by atoms with Gasteiger partial charge < -0.3 is 10.5 Å². The molecule has 3 heteroatoms. The van der Waals surface area contributed by atoms with Crippen molar-refractivity contribution in [2.75, 3.05) is 13.2 Å². The molecule has 0 aromatic heterocycles. The lowest BCUT2D eigenvalue weighted by molar-refractivity contribution is 0.269.